The fourth-order valence-corrected chi connectivity index (χ4v) is 5.05. The minimum Gasteiger partial charge on any atom is -0.480 e. The lowest BCUT2D eigenvalue weighted by Gasteiger charge is -2.12. The highest BCUT2D eigenvalue weighted by Crippen LogP contribution is 2.37. The first kappa shape index (κ1) is 25.0. The molecule has 2 aromatic rings. The van der Waals surface area contributed by atoms with Crippen LogP contribution in [0.1, 0.15) is 11.1 Å². The maximum absolute atomic E-state index is 12.7. The van der Waals surface area contributed by atoms with Crippen LogP contribution >= 0.6 is 43.6 Å². The van der Waals surface area contributed by atoms with Gasteiger partial charge in [-0.1, -0.05) is 17.7 Å². The maximum atomic E-state index is 12.7. The van der Waals surface area contributed by atoms with Gasteiger partial charge in [0.1, 0.15) is 12.3 Å². The Labute approximate surface area is 210 Å². The summed E-state index contributed by atoms with van der Waals surface area (Å²) in [4.78, 5) is 49.8. The number of methoxy groups -OCH3 is 1. The number of carbonyl (C=O) groups is 4. The van der Waals surface area contributed by atoms with Crippen molar-refractivity contribution in [2.75, 3.05) is 25.6 Å². The predicted octanol–water partition coefficient (Wildman–Crippen LogP) is 4.75. The zero-order valence-electron chi connectivity index (χ0n) is 17.5. The van der Waals surface area contributed by atoms with Gasteiger partial charge < -0.3 is 14.8 Å². The van der Waals surface area contributed by atoms with Crippen LogP contribution in [0.4, 0.5) is 10.5 Å². The quantitative estimate of drug-likeness (QED) is 0.363. The van der Waals surface area contributed by atoms with Crippen LogP contribution in [0.2, 0.25) is 0 Å². The van der Waals surface area contributed by atoms with Crippen LogP contribution in [-0.2, 0) is 19.1 Å². The van der Waals surface area contributed by atoms with Gasteiger partial charge in [0.15, 0.2) is 6.61 Å². The zero-order valence-corrected chi connectivity index (χ0v) is 21.5. The second-order valence-corrected chi connectivity index (χ2v) is 9.56. The van der Waals surface area contributed by atoms with Crippen molar-refractivity contribution >= 4 is 78.4 Å². The van der Waals surface area contributed by atoms with E-state index in [-0.39, 0.29) is 18.1 Å². The van der Waals surface area contributed by atoms with E-state index in [2.05, 4.69) is 41.9 Å². The first-order chi connectivity index (χ1) is 15.7. The molecule has 0 atom stereocenters. The normalized spacial score (nSPS) is 14.5. The molecule has 0 aromatic heterocycles. The summed E-state index contributed by atoms with van der Waals surface area (Å²) in [6.07, 6.45) is 1.54. The number of thioether (sulfide) groups is 1. The van der Waals surface area contributed by atoms with Gasteiger partial charge >= 0.3 is 5.97 Å². The molecular formula is C22H18Br2N2O6S. The Morgan fingerprint density at radius 1 is 1.12 bits per heavy atom. The molecule has 3 amide bonds. The Morgan fingerprint density at radius 3 is 2.36 bits per heavy atom. The number of anilines is 1. The number of nitrogens with zero attached hydrogens (tertiary/aromatic N) is 1. The van der Waals surface area contributed by atoms with E-state index in [0.29, 0.717) is 25.9 Å². The molecule has 1 aliphatic rings. The minimum absolute atomic E-state index is 0.185. The van der Waals surface area contributed by atoms with Crippen LogP contribution in [0.3, 0.4) is 0 Å². The summed E-state index contributed by atoms with van der Waals surface area (Å²) in [7, 11) is 1.26. The number of carbonyl (C=O) groups excluding carboxylic acids is 4. The monoisotopic (exact) mass is 596 g/mol. The molecule has 1 heterocycles. The number of hydrogen-bond donors (Lipinski definition) is 1. The lowest BCUT2D eigenvalue weighted by Crippen LogP contribution is -2.36. The van der Waals surface area contributed by atoms with Gasteiger partial charge in [0.2, 0.25) is 5.91 Å². The fourth-order valence-electron chi connectivity index (χ4n) is 2.76. The summed E-state index contributed by atoms with van der Waals surface area (Å²) in [5.41, 5.74) is 2.23. The second-order valence-electron chi connectivity index (χ2n) is 6.86. The van der Waals surface area contributed by atoms with Crippen LogP contribution in [0, 0.1) is 6.92 Å². The van der Waals surface area contributed by atoms with Crippen molar-refractivity contribution in [3.8, 4) is 5.75 Å². The van der Waals surface area contributed by atoms with E-state index in [1.165, 1.54) is 7.11 Å². The molecule has 8 nitrogen and oxygen atoms in total. The van der Waals surface area contributed by atoms with E-state index in [1.54, 1.807) is 30.3 Å². The van der Waals surface area contributed by atoms with Gasteiger partial charge in [0.25, 0.3) is 11.1 Å². The average Bonchev–Trinajstić information content (AvgIpc) is 3.01. The summed E-state index contributed by atoms with van der Waals surface area (Å²) in [5.74, 6) is -1.17. The predicted molar refractivity (Wildman–Crippen MR) is 132 cm³/mol. The third kappa shape index (κ3) is 6.46. The molecule has 11 heteroatoms. The van der Waals surface area contributed by atoms with Crippen LogP contribution < -0.4 is 10.1 Å². The molecule has 1 N–H and O–H groups in total. The van der Waals surface area contributed by atoms with Gasteiger partial charge in [-0.15, -0.1) is 0 Å². The molecular weight excluding hydrogens is 580 g/mol. The molecule has 3 rings (SSSR count). The van der Waals surface area contributed by atoms with Crippen LogP contribution in [0.25, 0.3) is 6.08 Å². The van der Waals surface area contributed by atoms with Crippen molar-refractivity contribution in [3.63, 3.8) is 0 Å². The number of aryl methyl sites for hydroxylation is 1. The Kier molecular flexibility index (Phi) is 8.33. The van der Waals surface area contributed by atoms with Crippen LogP contribution in [0.5, 0.6) is 5.75 Å². The molecule has 0 unspecified atom stereocenters. The van der Waals surface area contributed by atoms with Gasteiger partial charge in [0, 0.05) is 5.69 Å². The number of nitrogens with one attached hydrogen (secondary N) is 1. The van der Waals surface area contributed by atoms with Crippen molar-refractivity contribution in [1.29, 1.82) is 0 Å². The smallest absolute Gasteiger partial charge is 0.343 e. The SMILES string of the molecule is COC(=O)COc1c(Br)cc(/C=C2\SC(=O)N(CC(=O)Nc3ccc(C)cc3)C2=O)cc1Br. The number of halogens is 2. The summed E-state index contributed by atoms with van der Waals surface area (Å²) in [5, 5.41) is 2.15. The Balaban J connectivity index is 1.70. The topological polar surface area (TPSA) is 102 Å². The number of esters is 1. The van der Waals surface area contributed by atoms with E-state index in [0.717, 1.165) is 22.2 Å². The third-order valence-electron chi connectivity index (χ3n) is 4.39. The fraction of sp³-hybridized carbons (Fsp3) is 0.182. The average molecular weight is 598 g/mol. The summed E-state index contributed by atoms with van der Waals surface area (Å²) < 4.78 is 11.0. The van der Waals surface area contributed by atoms with Gasteiger partial charge in [0.05, 0.1) is 21.0 Å². The standard InChI is InChI=1S/C22H18Br2N2O6S/c1-12-3-5-14(6-4-12)25-18(27)10-26-21(29)17(33-22(26)30)9-13-7-15(23)20(16(24)8-13)32-11-19(28)31-2/h3-9H,10-11H2,1-2H3,(H,25,27)/b17-9-. The number of amides is 3. The highest BCUT2D eigenvalue weighted by Gasteiger charge is 2.36. The maximum Gasteiger partial charge on any atom is 0.343 e. The summed E-state index contributed by atoms with van der Waals surface area (Å²) >= 11 is 7.49. The number of imide groups is 1. The molecule has 1 fully saturated rings. The van der Waals surface area contributed by atoms with E-state index in [1.807, 2.05) is 19.1 Å². The lowest BCUT2D eigenvalue weighted by molar-refractivity contribution is -0.143. The highest BCUT2D eigenvalue weighted by molar-refractivity contribution is 9.11. The molecule has 0 bridgehead atoms. The zero-order chi connectivity index (χ0) is 24.1. The summed E-state index contributed by atoms with van der Waals surface area (Å²) in [6, 6.07) is 10.5. The van der Waals surface area contributed by atoms with Gasteiger partial charge in [-0.2, -0.15) is 0 Å². The van der Waals surface area contributed by atoms with Crippen molar-refractivity contribution < 1.29 is 28.7 Å². The largest absolute Gasteiger partial charge is 0.480 e. The van der Waals surface area contributed by atoms with Crippen molar-refractivity contribution in [1.82, 2.24) is 4.90 Å². The first-order valence-corrected chi connectivity index (χ1v) is 11.9. The molecule has 0 saturated carbocycles. The van der Waals surface area contributed by atoms with Crippen molar-refractivity contribution in [2.45, 2.75) is 6.92 Å². The van der Waals surface area contributed by atoms with Crippen molar-refractivity contribution in [3.05, 3.63) is 61.4 Å². The highest BCUT2D eigenvalue weighted by atomic mass is 79.9. The Hall–Kier alpha value is -2.63. The number of rotatable bonds is 7. The van der Waals surface area contributed by atoms with E-state index < -0.39 is 23.0 Å². The number of benzene rings is 2. The van der Waals surface area contributed by atoms with E-state index >= 15 is 0 Å². The lowest BCUT2D eigenvalue weighted by atomic mass is 10.2. The first-order valence-electron chi connectivity index (χ1n) is 9.48. The molecule has 0 radical (unpaired) electrons. The van der Waals surface area contributed by atoms with Crippen molar-refractivity contribution in [2.24, 2.45) is 0 Å². The van der Waals surface area contributed by atoms with E-state index in [9.17, 15) is 19.2 Å². The second kappa shape index (κ2) is 11.0. The number of hydrogen-bond acceptors (Lipinski definition) is 7. The molecule has 1 aliphatic heterocycles. The van der Waals surface area contributed by atoms with Gasteiger partial charge in [-0.05, 0) is 86.5 Å². The van der Waals surface area contributed by atoms with Gasteiger partial charge in [-0.3, -0.25) is 19.3 Å². The molecule has 1 saturated heterocycles. The molecule has 172 valence electrons. The minimum atomic E-state index is -0.553. The van der Waals surface area contributed by atoms with Crippen LogP contribution in [-0.4, -0.2) is 48.2 Å². The summed E-state index contributed by atoms with van der Waals surface area (Å²) in [6.45, 7) is 1.28. The molecule has 33 heavy (non-hydrogen) atoms. The van der Waals surface area contributed by atoms with E-state index in [4.69, 9.17) is 4.74 Å². The van der Waals surface area contributed by atoms with Crippen LogP contribution in [0.15, 0.2) is 50.2 Å². The molecule has 0 aliphatic carbocycles. The third-order valence-corrected chi connectivity index (χ3v) is 6.48. The Morgan fingerprint density at radius 2 is 1.76 bits per heavy atom. The Bertz CT molecular complexity index is 1130. The molecule has 0 spiro atoms. The van der Waals surface area contributed by atoms with Gasteiger partial charge in [-0.25, -0.2) is 4.79 Å². The molecule has 2 aromatic carbocycles. The number of ether oxygens (including phenoxy) is 2.